The zero-order valence-electron chi connectivity index (χ0n) is 25.9. The Bertz CT molecular complexity index is 1790. The van der Waals surface area contributed by atoms with E-state index in [9.17, 15) is 36.6 Å². The van der Waals surface area contributed by atoms with Crippen molar-refractivity contribution in [1.82, 2.24) is 15.5 Å². The highest BCUT2D eigenvalue weighted by atomic mass is 19.4. The van der Waals surface area contributed by atoms with Gasteiger partial charge < -0.3 is 20.6 Å². The second kappa shape index (κ2) is 13.5. The molecule has 2 amide bonds. The molecule has 1 aliphatic heterocycles. The first-order chi connectivity index (χ1) is 22.9. The summed E-state index contributed by atoms with van der Waals surface area (Å²) in [7, 11) is 0. The van der Waals surface area contributed by atoms with E-state index >= 15 is 0 Å². The fraction of sp³-hybridized carbons (Fsp3) is 0.297. The van der Waals surface area contributed by atoms with Crippen LogP contribution in [0.4, 0.5) is 22.0 Å². The number of benzene rings is 4. The van der Waals surface area contributed by atoms with Crippen LogP contribution in [0, 0.1) is 11.6 Å². The Morgan fingerprint density at radius 3 is 2.29 bits per heavy atom. The van der Waals surface area contributed by atoms with Crippen molar-refractivity contribution in [1.29, 1.82) is 0 Å². The Morgan fingerprint density at radius 1 is 0.896 bits per heavy atom. The molecule has 4 aromatic carbocycles. The van der Waals surface area contributed by atoms with Gasteiger partial charge in [0.15, 0.2) is 0 Å². The highest BCUT2D eigenvalue weighted by molar-refractivity contribution is 6.03. The maximum Gasteiger partial charge on any atom is 0.416 e. The topological polar surface area (TPSA) is 81.7 Å². The van der Waals surface area contributed by atoms with Crippen molar-refractivity contribution in [2.24, 2.45) is 0 Å². The van der Waals surface area contributed by atoms with Gasteiger partial charge in [0.2, 0.25) is 0 Å². The number of hydrogen-bond donors (Lipinski definition) is 3. The van der Waals surface area contributed by atoms with E-state index in [4.69, 9.17) is 0 Å². The second-order valence-electron chi connectivity index (χ2n) is 12.5. The lowest BCUT2D eigenvalue weighted by atomic mass is 9.92. The van der Waals surface area contributed by atoms with E-state index in [-0.39, 0.29) is 30.0 Å². The number of halogens is 5. The van der Waals surface area contributed by atoms with Crippen LogP contribution >= 0.6 is 0 Å². The molecule has 0 aromatic heterocycles. The van der Waals surface area contributed by atoms with Gasteiger partial charge in [0.05, 0.1) is 17.7 Å². The first-order valence-electron chi connectivity index (χ1n) is 15.7. The second-order valence-corrected chi connectivity index (χ2v) is 12.5. The average molecular weight is 664 g/mol. The van der Waals surface area contributed by atoms with E-state index in [1.807, 2.05) is 30.3 Å². The van der Waals surface area contributed by atoms with Crippen molar-refractivity contribution in [3.05, 3.63) is 142 Å². The number of carbonyl (C=O) groups excluding carboxylic acids is 2. The van der Waals surface area contributed by atoms with Gasteiger partial charge in [-0.1, -0.05) is 48.5 Å². The number of alkyl halides is 3. The van der Waals surface area contributed by atoms with Crippen molar-refractivity contribution in [3.63, 3.8) is 0 Å². The van der Waals surface area contributed by atoms with Gasteiger partial charge >= 0.3 is 6.18 Å². The summed E-state index contributed by atoms with van der Waals surface area (Å²) in [6.45, 7) is 0.684. The predicted octanol–water partition coefficient (Wildman–Crippen LogP) is 6.16. The van der Waals surface area contributed by atoms with Crippen LogP contribution < -0.4 is 10.6 Å². The maximum absolute atomic E-state index is 14.1. The zero-order valence-corrected chi connectivity index (χ0v) is 25.9. The monoisotopic (exact) mass is 663 g/mol. The third kappa shape index (κ3) is 7.42. The molecule has 48 heavy (non-hydrogen) atoms. The van der Waals surface area contributed by atoms with Crippen LogP contribution in [0.5, 0.6) is 0 Å². The normalized spacial score (nSPS) is 16.6. The van der Waals surface area contributed by atoms with E-state index < -0.39 is 47.0 Å². The molecule has 1 fully saturated rings. The summed E-state index contributed by atoms with van der Waals surface area (Å²) in [5.41, 5.74) is 1.24. The molecule has 1 heterocycles. The van der Waals surface area contributed by atoms with E-state index in [1.54, 1.807) is 29.2 Å². The fourth-order valence-corrected chi connectivity index (χ4v) is 6.38. The molecular weight excluding hydrogens is 629 g/mol. The number of hydrogen-bond acceptors (Lipinski definition) is 4. The summed E-state index contributed by atoms with van der Waals surface area (Å²) >= 11 is 0. The summed E-state index contributed by atoms with van der Waals surface area (Å²) in [5, 5.41) is 17.4. The third-order valence-corrected chi connectivity index (χ3v) is 9.09. The van der Waals surface area contributed by atoms with Crippen LogP contribution in [0.2, 0.25) is 0 Å². The molecule has 11 heteroatoms. The lowest BCUT2D eigenvalue weighted by Crippen LogP contribution is -2.50. The highest BCUT2D eigenvalue weighted by Crippen LogP contribution is 2.46. The van der Waals surface area contributed by atoms with Crippen molar-refractivity contribution in [3.8, 4) is 0 Å². The molecule has 1 saturated carbocycles. The smallest absolute Gasteiger partial charge is 0.390 e. The molecule has 0 radical (unpaired) electrons. The van der Waals surface area contributed by atoms with Gasteiger partial charge in [0.25, 0.3) is 11.8 Å². The Kier molecular flexibility index (Phi) is 9.35. The van der Waals surface area contributed by atoms with Crippen LogP contribution in [0.3, 0.4) is 0 Å². The number of aliphatic hydroxyl groups excluding tert-OH is 1. The van der Waals surface area contributed by atoms with Crippen molar-refractivity contribution < 1.29 is 36.6 Å². The molecule has 4 aromatic rings. The molecule has 0 spiro atoms. The minimum absolute atomic E-state index is 0.126. The van der Waals surface area contributed by atoms with E-state index in [0.717, 1.165) is 35.9 Å². The number of carbonyl (C=O) groups is 2. The minimum Gasteiger partial charge on any atom is -0.390 e. The summed E-state index contributed by atoms with van der Waals surface area (Å²) in [6.07, 6.45) is -4.45. The SMILES string of the molecule is O=C(N[C@@H](Cc1cc(F)cc(F)c1)[C@@H](O)CNC1(c2cccc(C(F)(F)F)c2)CC1)c1cccc2c1CCN(Cc1ccccc1)C2=O. The first kappa shape index (κ1) is 33.3. The van der Waals surface area contributed by atoms with Gasteiger partial charge in [-0.05, 0) is 84.3 Å². The number of rotatable bonds is 11. The molecule has 6 rings (SSSR count). The number of nitrogens with one attached hydrogen (secondary N) is 2. The number of amides is 2. The van der Waals surface area contributed by atoms with Gasteiger partial charge in [-0.2, -0.15) is 13.2 Å². The van der Waals surface area contributed by atoms with Crippen molar-refractivity contribution in [2.45, 2.75) is 56.1 Å². The van der Waals surface area contributed by atoms with Gasteiger partial charge in [-0.15, -0.1) is 0 Å². The standard InChI is InChI=1S/C37H34F5N3O3/c38-27-16-24(17-28(39)20-27)18-32(33(46)21-43-36(13-14-36)25-8-4-9-26(19-25)37(40,41)42)44-34(47)30-10-5-11-31-29(30)12-15-45(35(31)48)22-23-6-2-1-3-7-23/h1-11,16-17,19-20,32-33,43,46H,12-15,18,21-22H2,(H,44,47)/t32-,33-/m0/s1. The summed E-state index contributed by atoms with van der Waals surface area (Å²) in [4.78, 5) is 28.9. The van der Waals surface area contributed by atoms with Gasteiger partial charge in [-0.3, -0.25) is 9.59 Å². The minimum atomic E-state index is -4.51. The molecule has 0 unspecified atom stereocenters. The van der Waals surface area contributed by atoms with E-state index in [2.05, 4.69) is 10.6 Å². The molecular formula is C37H34F5N3O3. The van der Waals surface area contributed by atoms with Crippen molar-refractivity contribution in [2.75, 3.05) is 13.1 Å². The largest absolute Gasteiger partial charge is 0.416 e. The van der Waals surface area contributed by atoms with Gasteiger partial charge in [0, 0.05) is 42.4 Å². The molecule has 250 valence electrons. The molecule has 3 N–H and O–H groups in total. The Hall–Kier alpha value is -4.61. The molecule has 6 nitrogen and oxygen atoms in total. The van der Waals surface area contributed by atoms with Gasteiger partial charge in [-0.25, -0.2) is 8.78 Å². The lowest BCUT2D eigenvalue weighted by molar-refractivity contribution is -0.137. The first-order valence-corrected chi connectivity index (χ1v) is 15.7. The highest BCUT2D eigenvalue weighted by Gasteiger charge is 2.45. The van der Waals surface area contributed by atoms with Crippen LogP contribution in [-0.4, -0.2) is 47.1 Å². The Balaban J connectivity index is 1.21. The molecule has 0 bridgehead atoms. The number of nitrogens with zero attached hydrogens (tertiary/aromatic N) is 1. The van der Waals surface area contributed by atoms with Crippen LogP contribution in [0.15, 0.2) is 91.0 Å². The van der Waals surface area contributed by atoms with E-state index in [0.29, 0.717) is 49.0 Å². The molecule has 1 aliphatic carbocycles. The van der Waals surface area contributed by atoms with Gasteiger partial charge in [0.1, 0.15) is 11.6 Å². The Labute approximate surface area is 274 Å². The summed E-state index contributed by atoms with van der Waals surface area (Å²) < 4.78 is 68.3. The Morgan fingerprint density at radius 2 is 1.60 bits per heavy atom. The quantitative estimate of drug-likeness (QED) is 0.168. The zero-order chi connectivity index (χ0) is 34.1. The van der Waals surface area contributed by atoms with Crippen LogP contribution in [0.1, 0.15) is 61.4 Å². The molecule has 0 saturated heterocycles. The molecule has 2 atom stereocenters. The van der Waals surface area contributed by atoms with Crippen molar-refractivity contribution >= 4 is 11.8 Å². The average Bonchev–Trinajstić information content (AvgIpc) is 3.85. The number of fused-ring (bicyclic) bond motifs is 1. The number of aliphatic hydroxyl groups is 1. The lowest BCUT2D eigenvalue weighted by Gasteiger charge is -2.31. The fourth-order valence-electron chi connectivity index (χ4n) is 6.38. The van der Waals surface area contributed by atoms with E-state index in [1.165, 1.54) is 6.07 Å². The third-order valence-electron chi connectivity index (χ3n) is 9.09. The predicted molar refractivity (Wildman–Crippen MR) is 169 cm³/mol. The van der Waals surface area contributed by atoms with Crippen LogP contribution in [-0.2, 0) is 31.1 Å². The van der Waals surface area contributed by atoms with Crippen LogP contribution in [0.25, 0.3) is 0 Å². The maximum atomic E-state index is 14.1. The molecule has 2 aliphatic rings. The summed E-state index contributed by atoms with van der Waals surface area (Å²) in [6, 6.07) is 21.3. The summed E-state index contributed by atoms with van der Waals surface area (Å²) in [5.74, 6) is -2.43.